The number of ether oxygens (including phenoxy) is 2. The van der Waals surface area contributed by atoms with Gasteiger partial charge in [-0.25, -0.2) is 4.79 Å². The van der Waals surface area contributed by atoms with Gasteiger partial charge in [-0.1, -0.05) is 50.2 Å². The van der Waals surface area contributed by atoms with Gasteiger partial charge in [0.25, 0.3) is 0 Å². The predicted molar refractivity (Wildman–Crippen MR) is 135 cm³/mol. The fraction of sp³-hybridized carbons (Fsp3) is 0.259. The van der Waals surface area contributed by atoms with Gasteiger partial charge in [-0.05, 0) is 54.7 Å². The molecule has 0 atom stereocenters. The van der Waals surface area contributed by atoms with Crippen LogP contribution in [0.1, 0.15) is 48.7 Å². The van der Waals surface area contributed by atoms with Crippen molar-refractivity contribution in [1.82, 2.24) is 0 Å². The minimum Gasteiger partial charge on any atom is -0.494 e. The quantitative estimate of drug-likeness (QED) is 0.272. The summed E-state index contributed by atoms with van der Waals surface area (Å²) >= 11 is 1.31. The monoisotopic (exact) mass is 463 g/mol. The first-order chi connectivity index (χ1) is 16.0. The molecule has 0 saturated heterocycles. The van der Waals surface area contributed by atoms with E-state index in [2.05, 4.69) is 19.2 Å². The molecule has 1 N–H and O–H groups in total. The Kier molecular flexibility index (Phi) is 8.84. The van der Waals surface area contributed by atoms with Gasteiger partial charge < -0.3 is 14.8 Å². The maximum Gasteiger partial charge on any atom is 0.341 e. The maximum atomic E-state index is 12.7. The summed E-state index contributed by atoms with van der Waals surface area (Å²) < 4.78 is 10.8. The Morgan fingerprint density at radius 2 is 1.73 bits per heavy atom. The number of benzene rings is 2. The van der Waals surface area contributed by atoms with Crippen LogP contribution in [0.5, 0.6) is 5.75 Å². The van der Waals surface area contributed by atoms with Crippen molar-refractivity contribution in [3.8, 4) is 16.9 Å². The van der Waals surface area contributed by atoms with E-state index in [4.69, 9.17) is 9.47 Å². The number of aryl methyl sites for hydroxylation is 1. The molecule has 0 unspecified atom stereocenters. The highest BCUT2D eigenvalue weighted by molar-refractivity contribution is 7.15. The van der Waals surface area contributed by atoms with Gasteiger partial charge in [0.15, 0.2) is 0 Å². The molecule has 1 amide bonds. The summed E-state index contributed by atoms with van der Waals surface area (Å²) in [6.45, 7) is 6.85. The smallest absolute Gasteiger partial charge is 0.341 e. The summed E-state index contributed by atoms with van der Waals surface area (Å²) in [7, 11) is 0. The summed E-state index contributed by atoms with van der Waals surface area (Å²) in [5.41, 5.74) is 4.14. The molecule has 0 aliphatic carbocycles. The van der Waals surface area contributed by atoms with E-state index in [1.165, 1.54) is 23.0 Å². The molecule has 6 heteroatoms. The van der Waals surface area contributed by atoms with Crippen molar-refractivity contribution in [1.29, 1.82) is 0 Å². The first-order valence-corrected chi connectivity index (χ1v) is 12.0. The van der Waals surface area contributed by atoms with E-state index in [0.29, 0.717) is 17.2 Å². The lowest BCUT2D eigenvalue weighted by Gasteiger charge is -2.08. The van der Waals surface area contributed by atoms with E-state index in [1.54, 1.807) is 13.0 Å². The number of amides is 1. The average molecular weight is 464 g/mol. The van der Waals surface area contributed by atoms with Gasteiger partial charge >= 0.3 is 5.97 Å². The topological polar surface area (TPSA) is 64.6 Å². The van der Waals surface area contributed by atoms with Crippen molar-refractivity contribution < 1.29 is 19.1 Å². The van der Waals surface area contributed by atoms with E-state index in [1.807, 2.05) is 53.9 Å². The fourth-order valence-corrected chi connectivity index (χ4v) is 4.17. The fourth-order valence-electron chi connectivity index (χ4n) is 3.21. The Bertz CT molecular complexity index is 1100. The number of carbonyl (C=O) groups excluding carboxylic acids is 2. The molecule has 0 spiro atoms. The SMILES string of the molecule is CCCOc1ccc(C=CC(=O)Nc2scc(-c3ccc(CC)cc3)c2C(=O)OCC)cc1. The molecular formula is C27H29NO4S. The average Bonchev–Trinajstić information content (AvgIpc) is 3.25. The van der Waals surface area contributed by atoms with Crippen molar-refractivity contribution in [2.75, 3.05) is 18.5 Å². The number of anilines is 1. The standard InChI is InChI=1S/C27H29NO4S/c1-4-17-32-22-14-9-20(10-15-22)11-16-24(29)28-26-25(27(30)31-6-3)23(18-33-26)21-12-7-19(5-2)8-13-21/h7-16,18H,4-6,17H2,1-3H3,(H,28,29). The lowest BCUT2D eigenvalue weighted by molar-refractivity contribution is -0.111. The van der Waals surface area contributed by atoms with Crippen molar-refractivity contribution in [2.45, 2.75) is 33.6 Å². The maximum absolute atomic E-state index is 12.7. The summed E-state index contributed by atoms with van der Waals surface area (Å²) in [6, 6.07) is 15.6. The van der Waals surface area contributed by atoms with Crippen LogP contribution >= 0.6 is 11.3 Å². The van der Waals surface area contributed by atoms with Crippen LogP contribution in [0, 0.1) is 0 Å². The molecule has 0 bridgehead atoms. The summed E-state index contributed by atoms with van der Waals surface area (Å²) in [6.07, 6.45) is 5.06. The van der Waals surface area contributed by atoms with Gasteiger partial charge in [0.2, 0.25) is 5.91 Å². The van der Waals surface area contributed by atoms with Gasteiger partial charge in [0, 0.05) is 17.0 Å². The van der Waals surface area contributed by atoms with Crippen LogP contribution in [0.3, 0.4) is 0 Å². The first kappa shape index (κ1) is 24.3. The summed E-state index contributed by atoms with van der Waals surface area (Å²) in [4.78, 5) is 25.3. The molecule has 0 saturated carbocycles. The van der Waals surface area contributed by atoms with Gasteiger partial charge in [-0.2, -0.15) is 0 Å². The number of rotatable bonds is 10. The molecule has 0 aliphatic heterocycles. The Morgan fingerprint density at radius 1 is 1.00 bits per heavy atom. The number of thiophene rings is 1. The summed E-state index contributed by atoms with van der Waals surface area (Å²) in [5.74, 6) is 0.0347. The normalized spacial score (nSPS) is 10.9. The van der Waals surface area contributed by atoms with E-state index in [0.717, 1.165) is 35.3 Å². The van der Waals surface area contributed by atoms with Crippen LogP contribution in [0.25, 0.3) is 17.2 Å². The minimum absolute atomic E-state index is 0.258. The molecule has 33 heavy (non-hydrogen) atoms. The number of nitrogens with one attached hydrogen (secondary N) is 1. The number of carbonyl (C=O) groups is 2. The van der Waals surface area contributed by atoms with E-state index < -0.39 is 5.97 Å². The molecule has 0 fully saturated rings. The van der Waals surface area contributed by atoms with Gasteiger partial charge in [-0.3, -0.25) is 4.79 Å². The zero-order chi connectivity index (χ0) is 23.6. The largest absolute Gasteiger partial charge is 0.494 e. The van der Waals surface area contributed by atoms with Crippen molar-refractivity contribution in [3.05, 3.63) is 76.7 Å². The van der Waals surface area contributed by atoms with Crippen molar-refractivity contribution in [3.63, 3.8) is 0 Å². The second-order valence-corrected chi connectivity index (χ2v) is 8.24. The predicted octanol–water partition coefficient (Wildman–Crippen LogP) is 6.59. The molecule has 5 nitrogen and oxygen atoms in total. The molecule has 1 aromatic heterocycles. The van der Waals surface area contributed by atoms with E-state index in [-0.39, 0.29) is 12.5 Å². The molecule has 2 aromatic carbocycles. The molecule has 3 rings (SSSR count). The summed E-state index contributed by atoms with van der Waals surface area (Å²) in [5, 5.41) is 5.19. The van der Waals surface area contributed by atoms with Crippen molar-refractivity contribution >= 4 is 34.3 Å². The van der Waals surface area contributed by atoms with Crippen LogP contribution in [-0.2, 0) is 16.0 Å². The number of hydrogen-bond acceptors (Lipinski definition) is 5. The third-order valence-corrected chi connectivity index (χ3v) is 5.86. The van der Waals surface area contributed by atoms with Crippen molar-refractivity contribution in [2.24, 2.45) is 0 Å². The van der Waals surface area contributed by atoms with E-state index >= 15 is 0 Å². The second-order valence-electron chi connectivity index (χ2n) is 7.36. The van der Waals surface area contributed by atoms with Gasteiger partial charge in [-0.15, -0.1) is 11.3 Å². The Hall–Kier alpha value is -3.38. The number of hydrogen-bond donors (Lipinski definition) is 1. The van der Waals surface area contributed by atoms with Gasteiger partial charge in [0.1, 0.15) is 16.3 Å². The molecular weight excluding hydrogens is 434 g/mol. The Labute approximate surface area is 199 Å². The van der Waals surface area contributed by atoms with Crippen LogP contribution < -0.4 is 10.1 Å². The third-order valence-electron chi connectivity index (χ3n) is 4.96. The zero-order valence-electron chi connectivity index (χ0n) is 19.2. The Morgan fingerprint density at radius 3 is 2.36 bits per heavy atom. The molecule has 0 radical (unpaired) electrons. The highest BCUT2D eigenvalue weighted by atomic mass is 32.1. The second kappa shape index (κ2) is 12.0. The molecule has 1 heterocycles. The highest BCUT2D eigenvalue weighted by Gasteiger charge is 2.22. The lowest BCUT2D eigenvalue weighted by atomic mass is 10.0. The first-order valence-electron chi connectivity index (χ1n) is 11.2. The molecule has 3 aromatic rings. The Balaban J connectivity index is 1.77. The zero-order valence-corrected chi connectivity index (χ0v) is 20.0. The molecule has 172 valence electrons. The lowest BCUT2D eigenvalue weighted by Crippen LogP contribution is -2.12. The molecule has 0 aliphatic rings. The highest BCUT2D eigenvalue weighted by Crippen LogP contribution is 2.36. The van der Waals surface area contributed by atoms with E-state index in [9.17, 15) is 9.59 Å². The van der Waals surface area contributed by atoms with Crippen LogP contribution in [0.15, 0.2) is 60.0 Å². The number of esters is 1. The minimum atomic E-state index is -0.449. The van der Waals surface area contributed by atoms with Crippen LogP contribution in [0.2, 0.25) is 0 Å². The van der Waals surface area contributed by atoms with Crippen LogP contribution in [-0.4, -0.2) is 25.1 Å². The van der Waals surface area contributed by atoms with Crippen LogP contribution in [0.4, 0.5) is 5.00 Å². The third kappa shape index (κ3) is 6.56. The van der Waals surface area contributed by atoms with Gasteiger partial charge in [0.05, 0.1) is 13.2 Å².